The van der Waals surface area contributed by atoms with Gasteiger partial charge in [-0.1, -0.05) is 0 Å². The number of hydrogen-bond acceptors (Lipinski definition) is 4. The highest BCUT2D eigenvalue weighted by molar-refractivity contribution is 5.82. The van der Waals surface area contributed by atoms with E-state index < -0.39 is 5.41 Å². The highest BCUT2D eigenvalue weighted by Gasteiger charge is 2.32. The quantitative estimate of drug-likeness (QED) is 0.915. The van der Waals surface area contributed by atoms with Gasteiger partial charge >= 0.3 is 0 Å². The number of amides is 1. The summed E-state index contributed by atoms with van der Waals surface area (Å²) in [5, 5.41) is 0. The molecule has 1 heterocycles. The second-order valence-electron chi connectivity index (χ2n) is 6.04. The van der Waals surface area contributed by atoms with Crippen molar-refractivity contribution in [3.05, 3.63) is 23.3 Å². The molecule has 1 aliphatic heterocycles. The van der Waals surface area contributed by atoms with Gasteiger partial charge < -0.3 is 20.1 Å². The minimum Gasteiger partial charge on any atom is -0.493 e. The average molecular weight is 292 g/mol. The van der Waals surface area contributed by atoms with Crippen molar-refractivity contribution in [2.75, 3.05) is 27.3 Å². The molecule has 2 N–H and O–H groups in total. The van der Waals surface area contributed by atoms with Gasteiger partial charge in [0.05, 0.1) is 19.6 Å². The third kappa shape index (κ3) is 2.97. The molecule has 0 unspecified atom stereocenters. The van der Waals surface area contributed by atoms with Gasteiger partial charge in [-0.3, -0.25) is 4.79 Å². The first-order valence-corrected chi connectivity index (χ1v) is 7.16. The Morgan fingerprint density at radius 1 is 1.24 bits per heavy atom. The van der Waals surface area contributed by atoms with E-state index in [4.69, 9.17) is 15.2 Å². The molecule has 1 aromatic carbocycles. The normalized spacial score (nSPS) is 14.6. The molecule has 0 radical (unpaired) electrons. The van der Waals surface area contributed by atoms with Gasteiger partial charge in [0.2, 0.25) is 5.91 Å². The van der Waals surface area contributed by atoms with Gasteiger partial charge in [-0.15, -0.1) is 0 Å². The molecule has 21 heavy (non-hydrogen) atoms. The maximum absolute atomic E-state index is 12.5. The Kier molecular flexibility index (Phi) is 4.42. The first-order valence-electron chi connectivity index (χ1n) is 7.16. The number of fused-ring (bicyclic) bond motifs is 1. The summed E-state index contributed by atoms with van der Waals surface area (Å²) in [6, 6.07) is 3.97. The minimum atomic E-state index is -0.520. The average Bonchev–Trinajstić information content (AvgIpc) is 2.51. The predicted molar refractivity (Wildman–Crippen MR) is 81.5 cm³/mol. The molecular formula is C16H24N2O3. The summed E-state index contributed by atoms with van der Waals surface area (Å²) >= 11 is 0. The lowest BCUT2D eigenvalue weighted by Crippen LogP contribution is -2.46. The number of carbonyl (C=O) groups excluding carboxylic acids is 1. The second-order valence-corrected chi connectivity index (χ2v) is 6.04. The number of rotatable bonds is 4. The molecule has 0 spiro atoms. The van der Waals surface area contributed by atoms with Crippen molar-refractivity contribution in [2.45, 2.75) is 26.8 Å². The van der Waals surface area contributed by atoms with E-state index in [1.807, 2.05) is 30.9 Å². The number of hydrogen-bond donors (Lipinski definition) is 1. The molecule has 116 valence electrons. The molecule has 2 rings (SSSR count). The summed E-state index contributed by atoms with van der Waals surface area (Å²) in [6.45, 7) is 5.43. The molecule has 1 amide bonds. The van der Waals surface area contributed by atoms with E-state index in [0.29, 0.717) is 25.4 Å². The highest BCUT2D eigenvalue weighted by atomic mass is 16.5. The zero-order chi connectivity index (χ0) is 15.6. The molecule has 0 atom stereocenters. The van der Waals surface area contributed by atoms with Gasteiger partial charge in [0.15, 0.2) is 11.5 Å². The van der Waals surface area contributed by atoms with Gasteiger partial charge in [-0.25, -0.2) is 0 Å². The van der Waals surface area contributed by atoms with E-state index in [-0.39, 0.29) is 5.91 Å². The standard InChI is InChI=1S/C16H24N2O3/c1-16(2,10-17)15(19)18-6-5-11-7-13(20-3)14(21-4)8-12(11)9-18/h7-8H,5-6,9-10,17H2,1-4H3. The van der Waals surface area contributed by atoms with Crippen molar-refractivity contribution in [1.82, 2.24) is 4.90 Å². The van der Waals surface area contributed by atoms with Gasteiger partial charge in [-0.2, -0.15) is 0 Å². The smallest absolute Gasteiger partial charge is 0.229 e. The Morgan fingerprint density at radius 3 is 2.33 bits per heavy atom. The molecule has 0 fully saturated rings. The molecule has 1 aromatic rings. The zero-order valence-corrected chi connectivity index (χ0v) is 13.2. The van der Waals surface area contributed by atoms with Crippen molar-refractivity contribution in [2.24, 2.45) is 11.1 Å². The maximum atomic E-state index is 12.5. The van der Waals surface area contributed by atoms with Crippen LogP contribution in [0, 0.1) is 5.41 Å². The number of benzene rings is 1. The van der Waals surface area contributed by atoms with Crippen LogP contribution in [0.3, 0.4) is 0 Å². The number of methoxy groups -OCH3 is 2. The van der Waals surface area contributed by atoms with Gasteiger partial charge in [0, 0.05) is 19.6 Å². The number of carbonyl (C=O) groups is 1. The molecule has 0 aromatic heterocycles. The van der Waals surface area contributed by atoms with E-state index in [2.05, 4.69) is 0 Å². The Hall–Kier alpha value is -1.75. The fourth-order valence-corrected chi connectivity index (χ4v) is 2.57. The van der Waals surface area contributed by atoms with Crippen LogP contribution < -0.4 is 15.2 Å². The third-order valence-corrected chi connectivity index (χ3v) is 4.09. The molecule has 5 nitrogen and oxygen atoms in total. The fourth-order valence-electron chi connectivity index (χ4n) is 2.57. The van der Waals surface area contributed by atoms with Crippen LogP contribution in [0.15, 0.2) is 12.1 Å². The lowest BCUT2D eigenvalue weighted by atomic mass is 9.90. The largest absolute Gasteiger partial charge is 0.493 e. The van der Waals surface area contributed by atoms with Crippen LogP contribution in [-0.2, 0) is 17.8 Å². The van der Waals surface area contributed by atoms with Crippen molar-refractivity contribution in [3.63, 3.8) is 0 Å². The summed E-state index contributed by atoms with van der Waals surface area (Å²) in [5.41, 5.74) is 7.51. The summed E-state index contributed by atoms with van der Waals surface area (Å²) < 4.78 is 10.7. The third-order valence-electron chi connectivity index (χ3n) is 4.09. The lowest BCUT2D eigenvalue weighted by molar-refractivity contribution is -0.140. The Balaban J connectivity index is 2.26. The first-order chi connectivity index (χ1) is 9.92. The monoisotopic (exact) mass is 292 g/mol. The van der Waals surface area contributed by atoms with Gasteiger partial charge in [0.25, 0.3) is 0 Å². The van der Waals surface area contributed by atoms with Gasteiger partial charge in [-0.05, 0) is 43.5 Å². The molecule has 0 bridgehead atoms. The Morgan fingerprint density at radius 2 is 1.81 bits per heavy atom. The molecule has 0 saturated carbocycles. The Bertz CT molecular complexity index is 541. The summed E-state index contributed by atoms with van der Waals surface area (Å²) in [5.74, 6) is 1.53. The van der Waals surface area contributed by atoms with E-state index in [1.54, 1.807) is 14.2 Å². The van der Waals surface area contributed by atoms with E-state index in [1.165, 1.54) is 5.56 Å². The zero-order valence-electron chi connectivity index (χ0n) is 13.2. The van der Waals surface area contributed by atoms with Crippen LogP contribution in [0.25, 0.3) is 0 Å². The lowest BCUT2D eigenvalue weighted by Gasteiger charge is -2.35. The van der Waals surface area contributed by atoms with Crippen molar-refractivity contribution >= 4 is 5.91 Å². The summed E-state index contributed by atoms with van der Waals surface area (Å²) in [6.07, 6.45) is 0.822. The topological polar surface area (TPSA) is 64.8 Å². The highest BCUT2D eigenvalue weighted by Crippen LogP contribution is 2.34. The van der Waals surface area contributed by atoms with E-state index >= 15 is 0 Å². The Labute approximate surface area is 126 Å². The van der Waals surface area contributed by atoms with Crippen molar-refractivity contribution in [3.8, 4) is 11.5 Å². The molecule has 1 aliphatic rings. The van der Waals surface area contributed by atoms with E-state index in [9.17, 15) is 4.79 Å². The summed E-state index contributed by atoms with van der Waals surface area (Å²) in [4.78, 5) is 14.4. The maximum Gasteiger partial charge on any atom is 0.229 e. The molecule has 0 saturated heterocycles. The first kappa shape index (κ1) is 15.6. The number of nitrogens with zero attached hydrogens (tertiary/aromatic N) is 1. The van der Waals surface area contributed by atoms with Crippen LogP contribution in [0.5, 0.6) is 11.5 Å². The SMILES string of the molecule is COc1cc2c(cc1OC)CN(C(=O)C(C)(C)CN)CC2. The van der Waals surface area contributed by atoms with Crippen molar-refractivity contribution < 1.29 is 14.3 Å². The van der Waals surface area contributed by atoms with Crippen LogP contribution in [0.4, 0.5) is 0 Å². The predicted octanol–water partition coefficient (Wildman–Crippen LogP) is 1.57. The number of nitrogens with two attached hydrogens (primary N) is 1. The van der Waals surface area contributed by atoms with Crippen LogP contribution in [-0.4, -0.2) is 38.1 Å². The minimum absolute atomic E-state index is 0.102. The van der Waals surface area contributed by atoms with Crippen LogP contribution in [0.1, 0.15) is 25.0 Å². The fraction of sp³-hybridized carbons (Fsp3) is 0.562. The second kappa shape index (κ2) is 5.93. The molecular weight excluding hydrogens is 268 g/mol. The molecule has 5 heteroatoms. The molecule has 0 aliphatic carbocycles. The van der Waals surface area contributed by atoms with Gasteiger partial charge in [0.1, 0.15) is 0 Å². The van der Waals surface area contributed by atoms with E-state index in [0.717, 1.165) is 17.7 Å². The summed E-state index contributed by atoms with van der Waals surface area (Å²) in [7, 11) is 3.25. The number of ether oxygens (including phenoxy) is 2. The van der Waals surface area contributed by atoms with Crippen LogP contribution in [0.2, 0.25) is 0 Å². The van der Waals surface area contributed by atoms with Crippen molar-refractivity contribution in [1.29, 1.82) is 0 Å². The van der Waals surface area contributed by atoms with Crippen LogP contribution >= 0.6 is 0 Å².